The second kappa shape index (κ2) is 4.66. The van der Waals surface area contributed by atoms with Crippen molar-refractivity contribution >= 4 is 16.8 Å². The molecule has 0 amide bonds. The van der Waals surface area contributed by atoms with Gasteiger partial charge in [0.2, 0.25) is 0 Å². The molecule has 0 saturated heterocycles. The van der Waals surface area contributed by atoms with Gasteiger partial charge in [0.1, 0.15) is 0 Å². The first-order valence-electron chi connectivity index (χ1n) is 2.32. The van der Waals surface area contributed by atoms with E-state index in [4.69, 9.17) is 10.7 Å². The van der Waals surface area contributed by atoms with Crippen molar-refractivity contribution < 1.29 is 0 Å². The molecule has 0 fully saturated rings. The average molecular weight is 128 g/mol. The lowest BCUT2D eigenvalue weighted by Gasteiger charge is -1.88. The Hall–Kier alpha value is -0.490. The first-order valence-corrected chi connectivity index (χ1v) is 3.31. The molecule has 0 aromatic rings. The lowest BCUT2D eigenvalue weighted by Crippen LogP contribution is -1.81. The molecule has 0 aromatic heterocycles. The minimum Gasteiger partial charge on any atom is -0.299 e. The molecular formula is C5H8N2S. The Morgan fingerprint density at radius 3 is 2.88 bits per heavy atom. The molecule has 0 bridgehead atoms. The molecule has 44 valence electrons. The summed E-state index contributed by atoms with van der Waals surface area (Å²) < 4.78 is 0. The van der Waals surface area contributed by atoms with Gasteiger partial charge in [0.25, 0.3) is 0 Å². The van der Waals surface area contributed by atoms with E-state index in [1.165, 1.54) is 11.8 Å². The summed E-state index contributed by atoms with van der Waals surface area (Å²) in [6.07, 6.45) is 0.543. The fourth-order valence-corrected chi connectivity index (χ4v) is 0.749. The van der Waals surface area contributed by atoms with Crippen molar-refractivity contribution in [1.29, 1.82) is 10.7 Å². The fourth-order valence-electron chi connectivity index (χ4n) is 0.250. The number of hydrogen-bond acceptors (Lipinski definition) is 3. The summed E-state index contributed by atoms with van der Waals surface area (Å²) in [6, 6.07) is 2.01. The van der Waals surface area contributed by atoms with E-state index in [-0.39, 0.29) is 0 Å². The summed E-state index contributed by atoms with van der Waals surface area (Å²) in [7, 11) is 0. The topological polar surface area (TPSA) is 47.6 Å². The van der Waals surface area contributed by atoms with E-state index in [9.17, 15) is 0 Å². The van der Waals surface area contributed by atoms with E-state index < -0.39 is 0 Å². The van der Waals surface area contributed by atoms with E-state index in [2.05, 4.69) is 0 Å². The lowest BCUT2D eigenvalue weighted by atomic mass is 10.6. The molecule has 0 saturated carbocycles. The van der Waals surface area contributed by atoms with Crippen LogP contribution in [0.3, 0.4) is 0 Å². The van der Waals surface area contributed by atoms with Crippen molar-refractivity contribution in [2.24, 2.45) is 0 Å². The van der Waals surface area contributed by atoms with Crippen LogP contribution < -0.4 is 0 Å². The standard InChI is InChI=1S/C5H8N2S/c1-5(7)8-4-2-3-6/h7H,2,4H2,1H3. The molecule has 0 heterocycles. The summed E-state index contributed by atoms with van der Waals surface area (Å²) in [5, 5.41) is 15.6. The highest BCUT2D eigenvalue weighted by atomic mass is 32.2. The van der Waals surface area contributed by atoms with Crippen molar-refractivity contribution in [2.45, 2.75) is 13.3 Å². The average Bonchev–Trinajstić information content (AvgIpc) is 1.66. The van der Waals surface area contributed by atoms with Crippen molar-refractivity contribution in [3.63, 3.8) is 0 Å². The molecule has 0 aromatic carbocycles. The van der Waals surface area contributed by atoms with Gasteiger partial charge in [-0.25, -0.2) is 0 Å². The Morgan fingerprint density at radius 2 is 2.50 bits per heavy atom. The monoisotopic (exact) mass is 128 g/mol. The van der Waals surface area contributed by atoms with Crippen LogP contribution in [0.4, 0.5) is 0 Å². The van der Waals surface area contributed by atoms with E-state index in [0.29, 0.717) is 11.5 Å². The van der Waals surface area contributed by atoms with Gasteiger partial charge in [-0.3, -0.25) is 5.41 Å². The first kappa shape index (κ1) is 7.51. The van der Waals surface area contributed by atoms with Crippen molar-refractivity contribution in [3.8, 4) is 6.07 Å². The minimum atomic E-state index is 0.543. The largest absolute Gasteiger partial charge is 0.299 e. The van der Waals surface area contributed by atoms with E-state index in [1.807, 2.05) is 6.07 Å². The summed E-state index contributed by atoms with van der Waals surface area (Å²) in [5.74, 6) is 0.756. The molecule has 3 heteroatoms. The first-order chi connectivity index (χ1) is 3.77. The Bertz CT molecular complexity index is 114. The zero-order valence-corrected chi connectivity index (χ0v) is 5.59. The van der Waals surface area contributed by atoms with Gasteiger partial charge in [0, 0.05) is 12.2 Å². The van der Waals surface area contributed by atoms with Crippen LogP contribution in [0.15, 0.2) is 0 Å². The van der Waals surface area contributed by atoms with Crippen LogP contribution in [0.5, 0.6) is 0 Å². The van der Waals surface area contributed by atoms with Crippen LogP contribution in [0, 0.1) is 16.7 Å². The highest BCUT2D eigenvalue weighted by Gasteiger charge is 1.86. The molecule has 2 nitrogen and oxygen atoms in total. The second-order valence-electron chi connectivity index (χ2n) is 1.31. The Labute approximate surface area is 53.4 Å². The number of thioether (sulfide) groups is 1. The maximum absolute atomic E-state index is 8.05. The van der Waals surface area contributed by atoms with Gasteiger partial charge in [-0.1, -0.05) is 0 Å². The molecule has 0 aliphatic heterocycles. The van der Waals surface area contributed by atoms with Crippen molar-refractivity contribution in [1.82, 2.24) is 0 Å². The van der Waals surface area contributed by atoms with Gasteiger partial charge in [-0.05, 0) is 6.92 Å². The highest BCUT2D eigenvalue weighted by molar-refractivity contribution is 8.13. The molecular weight excluding hydrogens is 120 g/mol. The Kier molecular flexibility index (Phi) is 4.38. The maximum Gasteiger partial charge on any atom is 0.0630 e. The van der Waals surface area contributed by atoms with Gasteiger partial charge in [-0.2, -0.15) is 5.26 Å². The van der Waals surface area contributed by atoms with Gasteiger partial charge in [-0.15, -0.1) is 11.8 Å². The SMILES string of the molecule is CC(=N)SCCC#N. The quantitative estimate of drug-likeness (QED) is 0.349. The molecule has 8 heavy (non-hydrogen) atoms. The zero-order valence-electron chi connectivity index (χ0n) is 4.77. The molecule has 0 rings (SSSR count). The Morgan fingerprint density at radius 1 is 1.88 bits per heavy atom. The summed E-state index contributed by atoms with van der Waals surface area (Å²) in [6.45, 7) is 1.72. The van der Waals surface area contributed by atoms with Crippen LogP contribution in [-0.4, -0.2) is 10.8 Å². The van der Waals surface area contributed by atoms with Crippen molar-refractivity contribution in [2.75, 3.05) is 5.75 Å². The van der Waals surface area contributed by atoms with Gasteiger partial charge in [0.15, 0.2) is 0 Å². The number of nitrogens with zero attached hydrogens (tertiary/aromatic N) is 1. The predicted octanol–water partition coefficient (Wildman–Crippen LogP) is 1.63. The van der Waals surface area contributed by atoms with Crippen LogP contribution in [0.2, 0.25) is 0 Å². The summed E-state index contributed by atoms with van der Waals surface area (Å²) in [5.41, 5.74) is 0. The van der Waals surface area contributed by atoms with E-state index >= 15 is 0 Å². The smallest absolute Gasteiger partial charge is 0.0630 e. The van der Waals surface area contributed by atoms with Crippen LogP contribution >= 0.6 is 11.8 Å². The third-order valence-electron chi connectivity index (χ3n) is 0.532. The summed E-state index contributed by atoms with van der Waals surface area (Å²) >= 11 is 1.42. The normalized spacial score (nSPS) is 8.00. The third-order valence-corrected chi connectivity index (χ3v) is 1.37. The molecule has 0 atom stereocenters. The highest BCUT2D eigenvalue weighted by Crippen LogP contribution is 2.01. The fraction of sp³-hybridized carbons (Fsp3) is 0.600. The Balaban J connectivity index is 2.97. The molecule has 0 radical (unpaired) electrons. The maximum atomic E-state index is 8.05. The molecule has 0 spiro atoms. The molecule has 0 aliphatic rings. The summed E-state index contributed by atoms with van der Waals surface area (Å²) in [4.78, 5) is 0. The van der Waals surface area contributed by atoms with Crippen LogP contribution in [0.1, 0.15) is 13.3 Å². The van der Waals surface area contributed by atoms with E-state index in [0.717, 1.165) is 5.75 Å². The van der Waals surface area contributed by atoms with E-state index in [1.54, 1.807) is 6.92 Å². The van der Waals surface area contributed by atoms with Crippen molar-refractivity contribution in [3.05, 3.63) is 0 Å². The van der Waals surface area contributed by atoms with Gasteiger partial charge >= 0.3 is 0 Å². The molecule has 0 aliphatic carbocycles. The number of nitrogens with one attached hydrogen (secondary N) is 1. The second-order valence-corrected chi connectivity index (χ2v) is 2.62. The predicted molar refractivity (Wildman–Crippen MR) is 36.1 cm³/mol. The number of hydrogen-bond donors (Lipinski definition) is 1. The molecule has 0 unspecified atom stereocenters. The minimum absolute atomic E-state index is 0.543. The molecule has 1 N–H and O–H groups in total. The van der Waals surface area contributed by atoms with Gasteiger partial charge < -0.3 is 0 Å². The van der Waals surface area contributed by atoms with Gasteiger partial charge in [0.05, 0.1) is 11.1 Å². The third kappa shape index (κ3) is 5.51. The number of nitriles is 1. The van der Waals surface area contributed by atoms with Crippen LogP contribution in [-0.2, 0) is 0 Å². The zero-order chi connectivity index (χ0) is 6.41. The lowest BCUT2D eigenvalue weighted by molar-refractivity contribution is 1.24. The van der Waals surface area contributed by atoms with Crippen LogP contribution in [0.25, 0.3) is 0 Å². The number of rotatable bonds is 2.